The Labute approximate surface area is 189 Å². The Morgan fingerprint density at radius 1 is 1.09 bits per heavy atom. The normalized spacial score (nSPS) is 13.8. The molecule has 3 aromatic heterocycles. The molecule has 9 nitrogen and oxygen atoms in total. The molecule has 0 radical (unpaired) electrons. The predicted molar refractivity (Wildman–Crippen MR) is 122 cm³/mol. The number of rotatable bonds is 8. The summed E-state index contributed by atoms with van der Waals surface area (Å²) in [5.74, 6) is -0.646. The highest BCUT2D eigenvalue weighted by molar-refractivity contribution is 5.82. The average molecular weight is 454 g/mol. The van der Waals surface area contributed by atoms with Crippen molar-refractivity contribution in [3.63, 3.8) is 0 Å². The zero-order valence-corrected chi connectivity index (χ0v) is 18.4. The van der Waals surface area contributed by atoms with Crippen LogP contribution in [-0.2, 0) is 6.54 Å². The number of aromatic amines is 2. The highest BCUT2D eigenvalue weighted by atomic mass is 19.1. The molecule has 0 saturated heterocycles. The second-order valence-corrected chi connectivity index (χ2v) is 8.68. The van der Waals surface area contributed by atoms with E-state index in [1.807, 2.05) is 30.0 Å². The molecular weight excluding hydrogens is 428 g/mol. The largest absolute Gasteiger partial charge is 0.381 e. The van der Waals surface area contributed by atoms with E-state index in [0.717, 1.165) is 23.9 Å². The third-order valence-electron chi connectivity index (χ3n) is 5.79. The van der Waals surface area contributed by atoms with Crippen molar-refractivity contribution in [2.24, 2.45) is 0 Å². The maximum absolute atomic E-state index is 14.9. The van der Waals surface area contributed by atoms with Crippen molar-refractivity contribution in [2.45, 2.75) is 25.3 Å². The van der Waals surface area contributed by atoms with Gasteiger partial charge in [-0.2, -0.15) is 15.2 Å². The SMILES string of the molecule is CN(C)CCN(Cc1cc(F)cc2[nH]ncc12)c1nc(N)c(F)c(-c2cc(C3CC3)[nH]n2)n1. The average Bonchev–Trinajstić information content (AvgIpc) is 3.31. The van der Waals surface area contributed by atoms with Crippen molar-refractivity contribution in [1.82, 2.24) is 35.3 Å². The number of likely N-dealkylation sites (N-methyl/N-ethyl adjacent to an activating group) is 1. The van der Waals surface area contributed by atoms with Crippen LogP contribution in [0.4, 0.5) is 20.5 Å². The molecule has 1 aromatic carbocycles. The van der Waals surface area contributed by atoms with E-state index in [9.17, 15) is 8.78 Å². The molecule has 0 bridgehead atoms. The molecular formula is C22H25F2N9. The van der Waals surface area contributed by atoms with Crippen LogP contribution in [0.1, 0.15) is 30.0 Å². The fourth-order valence-corrected chi connectivity index (χ4v) is 3.82. The number of nitrogen functional groups attached to an aromatic ring is 1. The lowest BCUT2D eigenvalue weighted by molar-refractivity contribution is 0.411. The molecule has 11 heteroatoms. The van der Waals surface area contributed by atoms with Crippen LogP contribution in [0, 0.1) is 11.6 Å². The quantitative estimate of drug-likeness (QED) is 0.376. The van der Waals surface area contributed by atoms with Crippen LogP contribution in [0.2, 0.25) is 0 Å². The number of hydrogen-bond acceptors (Lipinski definition) is 7. The lowest BCUT2D eigenvalue weighted by Gasteiger charge is -2.25. The standard InChI is InChI=1S/C22H25F2N9/c1-32(2)5-6-33(11-13-7-14(23)8-17-15(13)10-26-29-17)22-27-20(19(24)21(25)28-22)18-9-16(30-31-18)12-3-4-12/h7-10,12H,3-6,11H2,1-2H3,(H,26,29)(H,30,31)(H2,25,27,28). The van der Waals surface area contributed by atoms with Gasteiger partial charge in [0.15, 0.2) is 11.6 Å². The highest BCUT2D eigenvalue weighted by Crippen LogP contribution is 2.40. The number of halogens is 2. The van der Waals surface area contributed by atoms with Crippen LogP contribution in [0.5, 0.6) is 0 Å². The molecule has 1 aliphatic rings. The summed E-state index contributed by atoms with van der Waals surface area (Å²) in [6.07, 6.45) is 3.84. The Balaban J connectivity index is 1.54. The van der Waals surface area contributed by atoms with Crippen molar-refractivity contribution in [2.75, 3.05) is 37.8 Å². The van der Waals surface area contributed by atoms with Crippen LogP contribution in [0.15, 0.2) is 24.4 Å². The summed E-state index contributed by atoms with van der Waals surface area (Å²) in [4.78, 5) is 12.6. The summed E-state index contributed by atoms with van der Waals surface area (Å²) in [7, 11) is 3.90. The fourth-order valence-electron chi connectivity index (χ4n) is 3.82. The second-order valence-electron chi connectivity index (χ2n) is 8.68. The minimum atomic E-state index is -0.705. The first-order valence-electron chi connectivity index (χ1n) is 10.8. The van der Waals surface area contributed by atoms with Gasteiger partial charge in [0.25, 0.3) is 0 Å². The smallest absolute Gasteiger partial charge is 0.228 e. The van der Waals surface area contributed by atoms with Gasteiger partial charge in [-0.1, -0.05) is 0 Å². The lowest BCUT2D eigenvalue weighted by atomic mass is 10.1. The van der Waals surface area contributed by atoms with Crippen LogP contribution < -0.4 is 10.6 Å². The molecule has 1 fully saturated rings. The molecule has 5 rings (SSSR count). The molecule has 0 amide bonds. The third kappa shape index (κ3) is 4.36. The van der Waals surface area contributed by atoms with Gasteiger partial charge in [0, 0.05) is 36.6 Å². The molecule has 3 heterocycles. The zero-order valence-electron chi connectivity index (χ0n) is 18.4. The summed E-state index contributed by atoms with van der Waals surface area (Å²) in [5, 5.41) is 14.8. The Morgan fingerprint density at radius 3 is 2.67 bits per heavy atom. The van der Waals surface area contributed by atoms with E-state index < -0.39 is 5.82 Å². The monoisotopic (exact) mass is 453 g/mol. The van der Waals surface area contributed by atoms with E-state index >= 15 is 0 Å². The van der Waals surface area contributed by atoms with E-state index in [1.165, 1.54) is 12.1 Å². The molecule has 33 heavy (non-hydrogen) atoms. The second kappa shape index (κ2) is 8.39. The third-order valence-corrected chi connectivity index (χ3v) is 5.79. The van der Waals surface area contributed by atoms with Crippen LogP contribution in [0.3, 0.4) is 0 Å². The van der Waals surface area contributed by atoms with Gasteiger partial charge in [0.1, 0.15) is 17.2 Å². The van der Waals surface area contributed by atoms with E-state index in [0.29, 0.717) is 42.3 Å². The number of H-pyrrole nitrogens is 2. The molecule has 4 aromatic rings. The van der Waals surface area contributed by atoms with Gasteiger partial charge in [-0.05, 0) is 50.7 Å². The molecule has 1 saturated carbocycles. The maximum Gasteiger partial charge on any atom is 0.228 e. The highest BCUT2D eigenvalue weighted by Gasteiger charge is 2.27. The number of benzene rings is 1. The predicted octanol–water partition coefficient (Wildman–Crippen LogP) is 3.05. The topological polar surface area (TPSA) is 116 Å². The summed E-state index contributed by atoms with van der Waals surface area (Å²) < 4.78 is 29.2. The van der Waals surface area contributed by atoms with Crippen LogP contribution in [-0.4, -0.2) is 62.4 Å². The summed E-state index contributed by atoms with van der Waals surface area (Å²) in [6.45, 7) is 1.48. The number of aromatic nitrogens is 6. The van der Waals surface area contributed by atoms with Gasteiger partial charge in [-0.25, -0.2) is 13.8 Å². The van der Waals surface area contributed by atoms with E-state index in [4.69, 9.17) is 5.73 Å². The summed E-state index contributed by atoms with van der Waals surface area (Å²) in [6, 6.07) is 4.68. The van der Waals surface area contributed by atoms with Gasteiger partial charge >= 0.3 is 0 Å². The van der Waals surface area contributed by atoms with Gasteiger partial charge < -0.3 is 15.5 Å². The number of nitrogens with zero attached hydrogens (tertiary/aromatic N) is 6. The Hall–Kier alpha value is -3.60. The van der Waals surface area contributed by atoms with Crippen molar-refractivity contribution in [1.29, 1.82) is 0 Å². The first-order chi connectivity index (χ1) is 15.9. The maximum atomic E-state index is 14.9. The van der Waals surface area contributed by atoms with Gasteiger partial charge in [0.05, 0.1) is 11.7 Å². The van der Waals surface area contributed by atoms with Crippen molar-refractivity contribution in [3.05, 3.63) is 47.3 Å². The first-order valence-corrected chi connectivity index (χ1v) is 10.8. The fraction of sp³-hybridized carbons (Fsp3) is 0.364. The van der Waals surface area contributed by atoms with E-state index in [1.54, 1.807) is 6.20 Å². The van der Waals surface area contributed by atoms with Crippen LogP contribution in [0.25, 0.3) is 22.3 Å². The summed E-state index contributed by atoms with van der Waals surface area (Å²) >= 11 is 0. The minimum Gasteiger partial charge on any atom is -0.381 e. The van der Waals surface area contributed by atoms with E-state index in [-0.39, 0.29) is 23.3 Å². The molecule has 4 N–H and O–H groups in total. The zero-order chi connectivity index (χ0) is 23.1. The van der Waals surface area contributed by atoms with Crippen molar-refractivity contribution >= 4 is 22.7 Å². The number of hydrogen-bond donors (Lipinski definition) is 3. The lowest BCUT2D eigenvalue weighted by Crippen LogP contribution is -2.33. The Kier molecular flexibility index (Phi) is 5.41. The molecule has 1 aliphatic carbocycles. The minimum absolute atomic E-state index is 0.0446. The Bertz CT molecular complexity index is 1290. The molecule has 0 unspecified atom stereocenters. The van der Waals surface area contributed by atoms with E-state index in [2.05, 4.69) is 30.4 Å². The molecule has 0 atom stereocenters. The number of nitrogens with one attached hydrogen (secondary N) is 2. The van der Waals surface area contributed by atoms with Gasteiger partial charge in [-0.15, -0.1) is 0 Å². The van der Waals surface area contributed by atoms with Crippen molar-refractivity contribution in [3.8, 4) is 11.4 Å². The molecule has 0 aliphatic heterocycles. The Morgan fingerprint density at radius 2 is 1.91 bits per heavy atom. The van der Waals surface area contributed by atoms with Crippen LogP contribution >= 0.6 is 0 Å². The number of fused-ring (bicyclic) bond motifs is 1. The first kappa shape index (κ1) is 21.3. The molecule has 0 spiro atoms. The number of anilines is 2. The van der Waals surface area contributed by atoms with Gasteiger partial charge in [0.2, 0.25) is 5.95 Å². The number of nitrogens with two attached hydrogens (primary N) is 1. The molecule has 172 valence electrons. The summed E-state index contributed by atoms with van der Waals surface area (Å²) in [5.41, 5.74) is 8.66. The van der Waals surface area contributed by atoms with Gasteiger partial charge in [-0.3, -0.25) is 10.2 Å². The van der Waals surface area contributed by atoms with Crippen molar-refractivity contribution < 1.29 is 8.78 Å².